The van der Waals surface area contributed by atoms with Gasteiger partial charge in [0.2, 0.25) is 0 Å². The van der Waals surface area contributed by atoms with Crippen molar-refractivity contribution in [3.8, 4) is 11.5 Å². The average molecular weight is 353 g/mol. The molecule has 110 valence electrons. The first-order valence-electron chi connectivity index (χ1n) is 6.11. The molecule has 0 saturated carbocycles. The highest BCUT2D eigenvalue weighted by atomic mass is 79.9. The number of ether oxygens (including phenoxy) is 2. The number of rotatable bonds is 5. The zero-order valence-corrected chi connectivity index (χ0v) is 12.9. The normalized spacial score (nSPS) is 10.2. The lowest BCUT2D eigenvalue weighted by Crippen LogP contribution is -2.14. The summed E-state index contributed by atoms with van der Waals surface area (Å²) in [4.78, 5) is 0. The van der Waals surface area contributed by atoms with E-state index in [1.54, 1.807) is 37.4 Å². The van der Waals surface area contributed by atoms with Gasteiger partial charge in [-0.2, -0.15) is 0 Å². The van der Waals surface area contributed by atoms with Gasteiger partial charge in [-0.05, 0) is 40.2 Å². The lowest BCUT2D eigenvalue weighted by atomic mass is 10.1. The molecule has 21 heavy (non-hydrogen) atoms. The summed E-state index contributed by atoms with van der Waals surface area (Å²) < 4.78 is 25.5. The molecule has 0 spiro atoms. The van der Waals surface area contributed by atoms with E-state index >= 15 is 0 Å². The molecule has 0 unspecified atom stereocenters. The Kier molecular flexibility index (Phi) is 4.80. The molecule has 2 rings (SSSR count). The molecule has 0 fully saturated rings. The molecule has 0 aromatic heterocycles. The van der Waals surface area contributed by atoms with Crippen molar-refractivity contribution in [1.29, 1.82) is 5.41 Å². The van der Waals surface area contributed by atoms with Gasteiger partial charge >= 0.3 is 0 Å². The van der Waals surface area contributed by atoms with Gasteiger partial charge in [-0.1, -0.05) is 12.1 Å². The highest BCUT2D eigenvalue weighted by Gasteiger charge is 2.11. The number of benzene rings is 2. The molecular formula is C15H14BrFN2O2. The summed E-state index contributed by atoms with van der Waals surface area (Å²) in [7, 11) is 1.57. The Morgan fingerprint density at radius 2 is 2.10 bits per heavy atom. The van der Waals surface area contributed by atoms with Crippen LogP contribution in [-0.2, 0) is 6.61 Å². The smallest absolute Gasteiger partial charge is 0.140 e. The predicted molar refractivity (Wildman–Crippen MR) is 82.4 cm³/mol. The molecule has 0 radical (unpaired) electrons. The second-order valence-electron chi connectivity index (χ2n) is 4.28. The summed E-state index contributed by atoms with van der Waals surface area (Å²) in [6.45, 7) is 0.0396. The van der Waals surface area contributed by atoms with Crippen LogP contribution in [0.5, 0.6) is 11.5 Å². The summed E-state index contributed by atoms with van der Waals surface area (Å²) >= 11 is 3.36. The largest absolute Gasteiger partial charge is 0.497 e. The highest BCUT2D eigenvalue weighted by Crippen LogP contribution is 2.30. The molecule has 0 saturated heterocycles. The van der Waals surface area contributed by atoms with Crippen molar-refractivity contribution in [2.75, 3.05) is 7.11 Å². The molecule has 4 nitrogen and oxygen atoms in total. The van der Waals surface area contributed by atoms with Crippen LogP contribution in [0, 0.1) is 11.2 Å². The third-order valence-electron chi connectivity index (χ3n) is 2.89. The van der Waals surface area contributed by atoms with Crippen molar-refractivity contribution in [2.45, 2.75) is 6.61 Å². The lowest BCUT2D eigenvalue weighted by molar-refractivity contribution is 0.297. The minimum absolute atomic E-state index is 0.0396. The Balaban J connectivity index is 2.17. The maximum Gasteiger partial charge on any atom is 0.140 e. The number of hydrogen-bond donors (Lipinski definition) is 2. The van der Waals surface area contributed by atoms with Crippen LogP contribution in [0.15, 0.2) is 40.9 Å². The Hall–Kier alpha value is -2.08. The van der Waals surface area contributed by atoms with Gasteiger partial charge in [0.05, 0.1) is 17.1 Å². The van der Waals surface area contributed by atoms with Crippen molar-refractivity contribution in [2.24, 2.45) is 5.73 Å². The minimum atomic E-state index is -0.533. The van der Waals surface area contributed by atoms with Gasteiger partial charge in [0.25, 0.3) is 0 Å². The molecule has 0 aliphatic rings. The van der Waals surface area contributed by atoms with Crippen LogP contribution in [0.1, 0.15) is 11.1 Å². The van der Waals surface area contributed by atoms with E-state index in [1.807, 2.05) is 0 Å². The first kappa shape index (κ1) is 15.3. The number of methoxy groups -OCH3 is 1. The summed E-state index contributed by atoms with van der Waals surface area (Å²) in [6, 6.07) is 9.95. The molecule has 0 amide bonds. The van der Waals surface area contributed by atoms with Gasteiger partial charge in [0.15, 0.2) is 0 Å². The van der Waals surface area contributed by atoms with Crippen LogP contribution in [0.25, 0.3) is 0 Å². The van der Waals surface area contributed by atoms with Gasteiger partial charge in [0, 0.05) is 5.56 Å². The third-order valence-corrected chi connectivity index (χ3v) is 3.51. The van der Waals surface area contributed by atoms with Crippen molar-refractivity contribution < 1.29 is 13.9 Å². The van der Waals surface area contributed by atoms with Gasteiger partial charge in [-0.15, -0.1) is 0 Å². The maximum absolute atomic E-state index is 14.1. The van der Waals surface area contributed by atoms with Crippen molar-refractivity contribution in [1.82, 2.24) is 0 Å². The summed E-state index contributed by atoms with van der Waals surface area (Å²) in [6.07, 6.45) is 0. The standard InChI is InChI=1S/C15H14BrFN2O2/c1-20-10-5-6-13(12(16)7-10)21-8-9-3-2-4-11(14(9)17)15(18)19/h2-7H,8H2,1H3,(H3,18,19). The molecule has 2 aromatic carbocycles. The summed E-state index contributed by atoms with van der Waals surface area (Å²) in [5.74, 6) is 0.428. The molecule has 0 aliphatic heterocycles. The average Bonchev–Trinajstić information content (AvgIpc) is 2.46. The Morgan fingerprint density at radius 1 is 1.33 bits per heavy atom. The van der Waals surface area contributed by atoms with E-state index in [1.165, 1.54) is 6.07 Å². The van der Waals surface area contributed by atoms with E-state index < -0.39 is 5.82 Å². The van der Waals surface area contributed by atoms with Gasteiger partial charge in [0.1, 0.15) is 29.8 Å². The Bertz CT molecular complexity index is 677. The van der Waals surface area contributed by atoms with E-state index in [4.69, 9.17) is 20.6 Å². The second kappa shape index (κ2) is 6.58. The van der Waals surface area contributed by atoms with Crippen LogP contribution < -0.4 is 15.2 Å². The van der Waals surface area contributed by atoms with E-state index in [2.05, 4.69) is 15.9 Å². The minimum Gasteiger partial charge on any atom is -0.497 e. The highest BCUT2D eigenvalue weighted by molar-refractivity contribution is 9.10. The number of nitrogens with two attached hydrogens (primary N) is 1. The van der Waals surface area contributed by atoms with Crippen LogP contribution in [0.2, 0.25) is 0 Å². The predicted octanol–water partition coefficient (Wildman–Crippen LogP) is 3.46. The van der Waals surface area contributed by atoms with E-state index in [-0.39, 0.29) is 18.0 Å². The van der Waals surface area contributed by atoms with Crippen LogP contribution >= 0.6 is 15.9 Å². The zero-order chi connectivity index (χ0) is 15.4. The molecule has 0 heterocycles. The molecule has 0 atom stereocenters. The van der Waals surface area contributed by atoms with Crippen LogP contribution in [-0.4, -0.2) is 12.9 Å². The molecule has 3 N–H and O–H groups in total. The molecule has 6 heteroatoms. The van der Waals surface area contributed by atoms with Gasteiger partial charge in [-0.25, -0.2) is 4.39 Å². The van der Waals surface area contributed by atoms with Gasteiger partial charge < -0.3 is 15.2 Å². The number of hydrogen-bond acceptors (Lipinski definition) is 3. The molecule has 2 aromatic rings. The fourth-order valence-corrected chi connectivity index (χ4v) is 2.25. The van der Waals surface area contributed by atoms with Crippen molar-refractivity contribution in [3.63, 3.8) is 0 Å². The fraction of sp³-hybridized carbons (Fsp3) is 0.133. The Morgan fingerprint density at radius 3 is 2.71 bits per heavy atom. The summed E-state index contributed by atoms with van der Waals surface area (Å²) in [5.41, 5.74) is 5.74. The SMILES string of the molecule is COc1ccc(OCc2cccc(C(=N)N)c2F)c(Br)c1. The molecule has 0 bridgehead atoms. The lowest BCUT2D eigenvalue weighted by Gasteiger charge is -2.11. The van der Waals surface area contributed by atoms with Crippen molar-refractivity contribution >= 4 is 21.8 Å². The number of amidine groups is 1. The second-order valence-corrected chi connectivity index (χ2v) is 5.13. The van der Waals surface area contributed by atoms with E-state index in [9.17, 15) is 4.39 Å². The maximum atomic E-state index is 14.1. The quantitative estimate of drug-likeness (QED) is 0.639. The first-order chi connectivity index (χ1) is 10.0. The van der Waals surface area contributed by atoms with Crippen LogP contribution in [0.3, 0.4) is 0 Å². The number of nitrogen functional groups attached to an aromatic ring is 1. The van der Waals surface area contributed by atoms with Crippen LogP contribution in [0.4, 0.5) is 4.39 Å². The van der Waals surface area contributed by atoms with Crippen molar-refractivity contribution in [3.05, 3.63) is 57.8 Å². The molecule has 0 aliphatic carbocycles. The van der Waals surface area contributed by atoms with E-state index in [0.717, 1.165) is 0 Å². The number of halogens is 2. The zero-order valence-electron chi connectivity index (χ0n) is 11.3. The monoisotopic (exact) mass is 352 g/mol. The summed E-state index contributed by atoms with van der Waals surface area (Å²) in [5, 5.41) is 7.32. The van der Waals surface area contributed by atoms with Gasteiger partial charge in [-0.3, -0.25) is 5.41 Å². The van der Waals surface area contributed by atoms with E-state index in [0.29, 0.717) is 21.5 Å². The molecular weight excluding hydrogens is 339 g/mol. The third kappa shape index (κ3) is 3.52. The first-order valence-corrected chi connectivity index (χ1v) is 6.90. The number of nitrogens with one attached hydrogen (secondary N) is 1. The Labute approximate surface area is 130 Å². The fourth-order valence-electron chi connectivity index (χ4n) is 1.78. The topological polar surface area (TPSA) is 68.3 Å².